The van der Waals surface area contributed by atoms with Gasteiger partial charge in [-0.1, -0.05) is 13.0 Å². The maximum absolute atomic E-state index is 13.8. The van der Waals surface area contributed by atoms with E-state index < -0.39 is 23.3 Å². The van der Waals surface area contributed by atoms with Gasteiger partial charge in [-0.15, -0.1) is 0 Å². The second kappa shape index (κ2) is 7.54. The van der Waals surface area contributed by atoms with Crippen molar-refractivity contribution < 1.29 is 18.7 Å². The molecular weight excluding hydrogens is 290 g/mol. The first-order valence-corrected chi connectivity index (χ1v) is 7.40. The smallest absolute Gasteiger partial charge is 0.317 e. The van der Waals surface area contributed by atoms with Crippen LogP contribution < -0.4 is 5.32 Å². The van der Waals surface area contributed by atoms with Crippen molar-refractivity contribution in [3.63, 3.8) is 0 Å². The average Bonchev–Trinajstić information content (AvgIpc) is 2.41. The molecule has 4 nitrogen and oxygen atoms in total. The molecule has 0 radical (unpaired) electrons. The van der Waals surface area contributed by atoms with Gasteiger partial charge in [-0.25, -0.2) is 13.6 Å². The summed E-state index contributed by atoms with van der Waals surface area (Å²) in [4.78, 5) is 13.7. The predicted molar refractivity (Wildman–Crippen MR) is 81.5 cm³/mol. The molecule has 1 aromatic carbocycles. The molecule has 6 heteroatoms. The van der Waals surface area contributed by atoms with E-state index in [2.05, 4.69) is 5.32 Å². The molecule has 0 aliphatic heterocycles. The molecule has 0 aromatic heterocycles. The van der Waals surface area contributed by atoms with Crippen molar-refractivity contribution in [1.29, 1.82) is 0 Å². The van der Waals surface area contributed by atoms with Crippen LogP contribution in [0.3, 0.4) is 0 Å². The summed E-state index contributed by atoms with van der Waals surface area (Å²) in [5.74, 6) is -1.34. The minimum absolute atomic E-state index is 0.164. The molecule has 1 unspecified atom stereocenters. The molecule has 0 aliphatic carbocycles. The van der Waals surface area contributed by atoms with Gasteiger partial charge in [0, 0.05) is 18.2 Å². The van der Waals surface area contributed by atoms with Gasteiger partial charge in [-0.2, -0.15) is 0 Å². The maximum Gasteiger partial charge on any atom is 0.317 e. The van der Waals surface area contributed by atoms with E-state index in [0.29, 0.717) is 13.0 Å². The Labute approximate surface area is 130 Å². The number of hydrogen-bond donors (Lipinski definition) is 2. The number of rotatable bonds is 6. The second-order valence-electron chi connectivity index (χ2n) is 5.90. The summed E-state index contributed by atoms with van der Waals surface area (Å²) in [5.41, 5.74) is -0.771. The van der Waals surface area contributed by atoms with Crippen LogP contribution in [0, 0.1) is 11.6 Å². The van der Waals surface area contributed by atoms with Crippen LogP contribution in [0.4, 0.5) is 13.6 Å². The number of carbonyl (C=O) groups is 1. The summed E-state index contributed by atoms with van der Waals surface area (Å²) in [6.07, 6.45) is 0.467. The molecular formula is C16H24F2N2O2. The average molecular weight is 314 g/mol. The molecule has 1 atom stereocenters. The fraction of sp³-hybridized carbons (Fsp3) is 0.562. The van der Waals surface area contributed by atoms with E-state index in [4.69, 9.17) is 0 Å². The maximum atomic E-state index is 13.8. The monoisotopic (exact) mass is 314 g/mol. The van der Waals surface area contributed by atoms with Crippen LogP contribution in [-0.4, -0.2) is 34.7 Å². The molecule has 1 rings (SSSR count). The Bertz CT molecular complexity index is 515. The van der Waals surface area contributed by atoms with Crippen LogP contribution in [0.5, 0.6) is 0 Å². The van der Waals surface area contributed by atoms with Crippen LogP contribution in [0.2, 0.25) is 0 Å². The first-order chi connectivity index (χ1) is 10.2. The van der Waals surface area contributed by atoms with Gasteiger partial charge >= 0.3 is 6.03 Å². The molecule has 0 heterocycles. The first kappa shape index (κ1) is 18.4. The zero-order valence-electron chi connectivity index (χ0n) is 13.5. The van der Waals surface area contributed by atoms with Crippen molar-refractivity contribution >= 4 is 6.03 Å². The fourth-order valence-corrected chi connectivity index (χ4v) is 2.22. The standard InChI is InChI=1S/C16H24F2N2O2/c1-5-14(12-8-7-11(17)9-13(12)18)19-15(21)20(6-2)10-16(3,4)22/h7-9,14,22H,5-6,10H2,1-4H3,(H,19,21). The number of carbonyl (C=O) groups excluding carboxylic acids is 1. The van der Waals surface area contributed by atoms with E-state index in [1.54, 1.807) is 27.7 Å². The highest BCUT2D eigenvalue weighted by Gasteiger charge is 2.24. The van der Waals surface area contributed by atoms with E-state index in [9.17, 15) is 18.7 Å². The Hall–Kier alpha value is -1.69. The Morgan fingerprint density at radius 1 is 1.36 bits per heavy atom. The van der Waals surface area contributed by atoms with E-state index in [1.807, 2.05) is 0 Å². The normalized spacial score (nSPS) is 12.9. The van der Waals surface area contributed by atoms with Crippen molar-refractivity contribution in [2.24, 2.45) is 0 Å². The van der Waals surface area contributed by atoms with Crippen LogP contribution in [0.15, 0.2) is 18.2 Å². The minimum Gasteiger partial charge on any atom is -0.389 e. The van der Waals surface area contributed by atoms with Crippen molar-refractivity contribution in [3.05, 3.63) is 35.4 Å². The lowest BCUT2D eigenvalue weighted by atomic mass is 10.0. The third-order valence-electron chi connectivity index (χ3n) is 3.29. The molecule has 1 aromatic rings. The fourth-order valence-electron chi connectivity index (χ4n) is 2.22. The van der Waals surface area contributed by atoms with Crippen LogP contribution in [0.25, 0.3) is 0 Å². The second-order valence-corrected chi connectivity index (χ2v) is 5.90. The first-order valence-electron chi connectivity index (χ1n) is 7.40. The highest BCUT2D eigenvalue weighted by atomic mass is 19.1. The molecule has 0 bridgehead atoms. The van der Waals surface area contributed by atoms with Gasteiger partial charge in [-0.3, -0.25) is 0 Å². The number of hydrogen-bond acceptors (Lipinski definition) is 2. The van der Waals surface area contributed by atoms with Crippen molar-refractivity contribution in [2.45, 2.75) is 45.8 Å². The molecule has 0 saturated heterocycles. The Morgan fingerprint density at radius 3 is 2.45 bits per heavy atom. The SMILES string of the molecule is CCC(NC(=O)N(CC)CC(C)(C)O)c1ccc(F)cc1F. The van der Waals surface area contributed by atoms with Crippen LogP contribution >= 0.6 is 0 Å². The topological polar surface area (TPSA) is 52.6 Å². The third-order valence-corrected chi connectivity index (χ3v) is 3.29. The zero-order valence-corrected chi connectivity index (χ0v) is 13.5. The van der Waals surface area contributed by atoms with Crippen molar-refractivity contribution in [3.8, 4) is 0 Å². The number of amides is 2. The molecule has 0 fully saturated rings. The molecule has 0 saturated carbocycles. The number of halogens is 2. The van der Waals surface area contributed by atoms with Gasteiger partial charge in [0.15, 0.2) is 0 Å². The highest BCUT2D eigenvalue weighted by Crippen LogP contribution is 2.21. The summed E-state index contributed by atoms with van der Waals surface area (Å²) in [7, 11) is 0. The van der Waals surface area contributed by atoms with Gasteiger partial charge in [0.05, 0.1) is 18.2 Å². The lowest BCUT2D eigenvalue weighted by Gasteiger charge is -2.30. The zero-order chi connectivity index (χ0) is 16.9. The Kier molecular flexibility index (Phi) is 6.29. The number of nitrogens with one attached hydrogen (secondary N) is 1. The Morgan fingerprint density at radius 2 is 2.00 bits per heavy atom. The van der Waals surface area contributed by atoms with Gasteiger partial charge in [0.1, 0.15) is 11.6 Å². The van der Waals surface area contributed by atoms with E-state index in [-0.39, 0.29) is 18.1 Å². The van der Waals surface area contributed by atoms with Gasteiger partial charge in [0.2, 0.25) is 0 Å². The third kappa shape index (κ3) is 5.26. The van der Waals surface area contributed by atoms with Crippen molar-refractivity contribution in [1.82, 2.24) is 10.2 Å². The lowest BCUT2D eigenvalue weighted by Crippen LogP contribution is -2.47. The number of benzene rings is 1. The van der Waals surface area contributed by atoms with Crippen LogP contribution in [0.1, 0.15) is 45.7 Å². The Balaban J connectivity index is 2.86. The van der Waals surface area contributed by atoms with Crippen molar-refractivity contribution in [2.75, 3.05) is 13.1 Å². The molecule has 0 spiro atoms. The number of likely N-dealkylation sites (N-methyl/N-ethyl adjacent to an activating group) is 1. The van der Waals surface area contributed by atoms with E-state index in [0.717, 1.165) is 6.07 Å². The highest BCUT2D eigenvalue weighted by molar-refractivity contribution is 5.74. The molecule has 2 N–H and O–H groups in total. The van der Waals surface area contributed by atoms with E-state index in [1.165, 1.54) is 17.0 Å². The molecule has 0 aliphatic rings. The minimum atomic E-state index is -1.02. The summed E-state index contributed by atoms with van der Waals surface area (Å²) in [6, 6.07) is 2.37. The largest absolute Gasteiger partial charge is 0.389 e. The summed E-state index contributed by atoms with van der Waals surface area (Å²) in [5, 5.41) is 12.6. The van der Waals surface area contributed by atoms with E-state index >= 15 is 0 Å². The number of nitrogens with zero attached hydrogens (tertiary/aromatic N) is 1. The predicted octanol–water partition coefficient (Wildman–Crippen LogP) is 3.22. The van der Waals surface area contributed by atoms with Gasteiger partial charge < -0.3 is 15.3 Å². The molecule has 2 amide bonds. The number of urea groups is 1. The summed E-state index contributed by atoms with van der Waals surface area (Å²) in [6.45, 7) is 7.40. The lowest BCUT2D eigenvalue weighted by molar-refractivity contribution is 0.0475. The van der Waals surface area contributed by atoms with Gasteiger partial charge in [-0.05, 0) is 33.3 Å². The summed E-state index contributed by atoms with van der Waals surface area (Å²) >= 11 is 0. The molecule has 124 valence electrons. The van der Waals surface area contributed by atoms with Crippen LogP contribution in [-0.2, 0) is 0 Å². The molecule has 22 heavy (non-hydrogen) atoms. The quantitative estimate of drug-likeness (QED) is 0.847. The van der Waals surface area contributed by atoms with Gasteiger partial charge in [0.25, 0.3) is 0 Å². The number of aliphatic hydroxyl groups is 1. The summed E-state index contributed by atoms with van der Waals surface area (Å²) < 4.78 is 26.8.